The molecule has 0 radical (unpaired) electrons. The summed E-state index contributed by atoms with van der Waals surface area (Å²) in [4.78, 5) is 39.1. The van der Waals surface area contributed by atoms with Gasteiger partial charge in [-0.2, -0.15) is 0 Å². The second kappa shape index (κ2) is 5.91. The Kier molecular flexibility index (Phi) is 3.94. The Morgan fingerprint density at radius 2 is 1.61 bits per heavy atom. The molecule has 0 bridgehead atoms. The van der Waals surface area contributed by atoms with Gasteiger partial charge in [0.15, 0.2) is 0 Å². The third-order valence-corrected chi connectivity index (χ3v) is 4.03. The third-order valence-electron chi connectivity index (χ3n) is 4.03. The van der Waals surface area contributed by atoms with Crippen LogP contribution in [0.2, 0.25) is 0 Å². The maximum atomic E-state index is 12.4. The number of hydrogen-bond acceptors (Lipinski definition) is 5. The second-order valence-electron chi connectivity index (χ2n) is 5.64. The lowest BCUT2D eigenvalue weighted by Gasteiger charge is -2.33. The van der Waals surface area contributed by atoms with Gasteiger partial charge in [0.2, 0.25) is 17.7 Å². The van der Waals surface area contributed by atoms with Crippen LogP contribution in [0.4, 0.5) is 5.69 Å². The summed E-state index contributed by atoms with van der Waals surface area (Å²) in [6.45, 7) is -0.374. The van der Waals surface area contributed by atoms with Crippen LogP contribution < -0.4 is 14.4 Å². The Morgan fingerprint density at radius 1 is 1.00 bits per heavy atom. The number of anilines is 1. The number of carbonyl (C=O) groups is 3. The van der Waals surface area contributed by atoms with Crippen molar-refractivity contribution >= 4 is 23.4 Å². The molecule has 1 saturated carbocycles. The van der Waals surface area contributed by atoms with Gasteiger partial charge in [-0.3, -0.25) is 19.3 Å². The molecule has 0 spiro atoms. The van der Waals surface area contributed by atoms with E-state index in [0.717, 1.165) is 17.7 Å². The second-order valence-corrected chi connectivity index (χ2v) is 5.64. The average molecular weight is 318 g/mol. The molecule has 23 heavy (non-hydrogen) atoms. The van der Waals surface area contributed by atoms with Crippen LogP contribution in [0.3, 0.4) is 0 Å². The zero-order chi connectivity index (χ0) is 16.6. The molecule has 1 aromatic rings. The number of benzene rings is 1. The minimum Gasteiger partial charge on any atom is -0.497 e. The van der Waals surface area contributed by atoms with Crippen LogP contribution in [0.1, 0.15) is 12.8 Å². The molecule has 7 heteroatoms. The summed E-state index contributed by atoms with van der Waals surface area (Å²) in [6, 6.07) is 5.00. The van der Waals surface area contributed by atoms with Gasteiger partial charge in [-0.15, -0.1) is 0 Å². The van der Waals surface area contributed by atoms with Gasteiger partial charge < -0.3 is 14.4 Å². The highest BCUT2D eigenvalue weighted by molar-refractivity contribution is 6.11. The first-order valence-corrected chi connectivity index (χ1v) is 7.41. The van der Waals surface area contributed by atoms with E-state index < -0.39 is 0 Å². The lowest BCUT2D eigenvalue weighted by molar-refractivity contribution is -0.150. The van der Waals surface area contributed by atoms with Crippen molar-refractivity contribution in [2.24, 2.45) is 5.92 Å². The number of methoxy groups -OCH3 is 2. The van der Waals surface area contributed by atoms with Gasteiger partial charge in [-0.1, -0.05) is 0 Å². The van der Waals surface area contributed by atoms with Gasteiger partial charge >= 0.3 is 0 Å². The number of hydrogen-bond donors (Lipinski definition) is 0. The number of imide groups is 1. The van der Waals surface area contributed by atoms with Crippen molar-refractivity contribution in [3.05, 3.63) is 18.2 Å². The van der Waals surface area contributed by atoms with Crippen molar-refractivity contribution in [3.8, 4) is 11.5 Å². The molecule has 2 aliphatic rings. The first-order chi connectivity index (χ1) is 11.0. The molecule has 1 aromatic carbocycles. The summed E-state index contributed by atoms with van der Waals surface area (Å²) in [6.07, 6.45) is 1.60. The van der Waals surface area contributed by atoms with E-state index in [-0.39, 0.29) is 36.7 Å². The van der Waals surface area contributed by atoms with Crippen molar-refractivity contribution in [2.75, 3.05) is 32.2 Å². The molecular weight excluding hydrogens is 300 g/mol. The van der Waals surface area contributed by atoms with Crippen LogP contribution in [0, 0.1) is 5.92 Å². The number of nitrogens with zero attached hydrogens (tertiary/aromatic N) is 2. The van der Waals surface area contributed by atoms with E-state index >= 15 is 0 Å². The van der Waals surface area contributed by atoms with E-state index in [1.807, 2.05) is 0 Å². The molecule has 0 N–H and O–H groups in total. The largest absolute Gasteiger partial charge is 0.497 e. The van der Waals surface area contributed by atoms with Crippen molar-refractivity contribution in [2.45, 2.75) is 12.8 Å². The highest BCUT2D eigenvalue weighted by Crippen LogP contribution is 2.33. The van der Waals surface area contributed by atoms with E-state index in [4.69, 9.17) is 9.47 Å². The Morgan fingerprint density at radius 3 is 2.13 bits per heavy atom. The lowest BCUT2D eigenvalue weighted by atomic mass is 10.2. The monoisotopic (exact) mass is 318 g/mol. The van der Waals surface area contributed by atoms with Crippen LogP contribution in [-0.4, -0.2) is 49.9 Å². The molecule has 1 heterocycles. The SMILES string of the molecule is COc1cc(OC)cc(N2CC(=O)N(C(=O)C3CC3)CC2=O)c1. The van der Waals surface area contributed by atoms with Crippen molar-refractivity contribution in [3.63, 3.8) is 0 Å². The fraction of sp³-hybridized carbons (Fsp3) is 0.438. The summed E-state index contributed by atoms with van der Waals surface area (Å²) in [5.41, 5.74) is 0.512. The van der Waals surface area contributed by atoms with E-state index in [9.17, 15) is 14.4 Å². The van der Waals surface area contributed by atoms with E-state index in [2.05, 4.69) is 0 Å². The number of ether oxygens (including phenoxy) is 2. The summed E-state index contributed by atoms with van der Waals surface area (Å²) in [5.74, 6) is 0.0748. The van der Waals surface area contributed by atoms with Crippen LogP contribution in [0.5, 0.6) is 11.5 Å². The maximum absolute atomic E-state index is 12.4. The fourth-order valence-corrected chi connectivity index (χ4v) is 2.55. The Balaban J connectivity index is 1.83. The number of piperazine rings is 1. The first kappa shape index (κ1) is 15.3. The lowest BCUT2D eigenvalue weighted by Crippen LogP contribution is -2.56. The molecule has 1 aliphatic heterocycles. The van der Waals surface area contributed by atoms with E-state index in [1.54, 1.807) is 18.2 Å². The van der Waals surface area contributed by atoms with Gasteiger partial charge in [0.25, 0.3) is 0 Å². The molecule has 2 fully saturated rings. The summed E-state index contributed by atoms with van der Waals surface area (Å²) >= 11 is 0. The van der Waals surface area contributed by atoms with Crippen LogP contribution in [-0.2, 0) is 14.4 Å². The minimum absolute atomic E-state index is 0.0878. The Bertz CT molecular complexity index is 646. The average Bonchev–Trinajstić information content (AvgIpc) is 3.40. The molecule has 3 rings (SSSR count). The number of amides is 3. The predicted molar refractivity (Wildman–Crippen MR) is 81.3 cm³/mol. The van der Waals surface area contributed by atoms with E-state index in [0.29, 0.717) is 17.2 Å². The minimum atomic E-state index is -0.358. The Labute approximate surface area is 133 Å². The normalized spacial score (nSPS) is 18.2. The fourth-order valence-electron chi connectivity index (χ4n) is 2.55. The zero-order valence-corrected chi connectivity index (χ0v) is 13.1. The van der Waals surface area contributed by atoms with Gasteiger partial charge in [0, 0.05) is 24.1 Å². The molecule has 7 nitrogen and oxygen atoms in total. The maximum Gasteiger partial charge on any atom is 0.249 e. The third kappa shape index (κ3) is 2.99. The summed E-state index contributed by atoms with van der Waals surface area (Å²) < 4.78 is 10.4. The predicted octanol–water partition coefficient (Wildman–Crippen LogP) is 0.816. The molecule has 1 aliphatic carbocycles. The molecular formula is C16H18N2O5. The number of carbonyl (C=O) groups excluding carboxylic acids is 3. The van der Waals surface area contributed by atoms with E-state index in [1.165, 1.54) is 19.1 Å². The smallest absolute Gasteiger partial charge is 0.249 e. The topological polar surface area (TPSA) is 76.2 Å². The van der Waals surface area contributed by atoms with Crippen LogP contribution >= 0.6 is 0 Å². The van der Waals surface area contributed by atoms with Crippen molar-refractivity contribution in [1.29, 1.82) is 0 Å². The van der Waals surface area contributed by atoms with Gasteiger partial charge in [-0.05, 0) is 12.8 Å². The highest BCUT2D eigenvalue weighted by atomic mass is 16.5. The van der Waals surface area contributed by atoms with Gasteiger partial charge in [-0.25, -0.2) is 0 Å². The van der Waals surface area contributed by atoms with Gasteiger partial charge in [0.05, 0.1) is 19.9 Å². The molecule has 122 valence electrons. The molecule has 3 amide bonds. The van der Waals surface area contributed by atoms with Crippen LogP contribution in [0.15, 0.2) is 18.2 Å². The molecule has 0 atom stereocenters. The summed E-state index contributed by atoms with van der Waals surface area (Å²) in [7, 11) is 3.02. The molecule has 1 saturated heterocycles. The van der Waals surface area contributed by atoms with Crippen LogP contribution in [0.25, 0.3) is 0 Å². The molecule has 0 unspecified atom stereocenters. The number of rotatable bonds is 4. The van der Waals surface area contributed by atoms with Crippen molar-refractivity contribution < 1.29 is 23.9 Å². The highest BCUT2D eigenvalue weighted by Gasteiger charge is 2.41. The summed E-state index contributed by atoms with van der Waals surface area (Å²) in [5, 5.41) is 0. The zero-order valence-electron chi connectivity index (χ0n) is 13.1. The Hall–Kier alpha value is -2.57. The first-order valence-electron chi connectivity index (χ1n) is 7.41. The van der Waals surface area contributed by atoms with Crippen molar-refractivity contribution in [1.82, 2.24) is 4.90 Å². The van der Waals surface area contributed by atoms with Gasteiger partial charge in [0.1, 0.15) is 24.6 Å². The standard InChI is InChI=1S/C16H18N2O5/c1-22-12-5-11(6-13(7-12)23-2)17-8-15(20)18(9-14(17)19)16(21)10-3-4-10/h5-7,10H,3-4,8-9H2,1-2H3. The molecule has 0 aromatic heterocycles. The quantitative estimate of drug-likeness (QED) is 0.768.